The minimum Gasteiger partial charge on any atom is -0.464 e. The Morgan fingerprint density at radius 1 is 1.40 bits per heavy atom. The van der Waals surface area contributed by atoms with E-state index >= 15 is 0 Å². The average molecular weight is 266 g/mol. The fourth-order valence-electron chi connectivity index (χ4n) is 1.50. The van der Waals surface area contributed by atoms with E-state index in [2.05, 4.69) is 33.9 Å². The zero-order valence-electron chi connectivity index (χ0n) is 8.29. The van der Waals surface area contributed by atoms with Gasteiger partial charge in [-0.1, -0.05) is 40.7 Å². The fraction of sp³-hybridized carbons (Fsp3) is 0.167. The van der Waals surface area contributed by atoms with Crippen LogP contribution in [0, 0.1) is 0 Å². The van der Waals surface area contributed by atoms with Crippen molar-refractivity contribution >= 4 is 26.9 Å². The molecule has 1 N–H and O–H groups in total. The predicted molar refractivity (Wildman–Crippen MR) is 66.0 cm³/mol. The van der Waals surface area contributed by atoms with E-state index in [4.69, 9.17) is 4.42 Å². The third-order valence-electron chi connectivity index (χ3n) is 2.19. The molecular formula is C12H12BrNO. The van der Waals surface area contributed by atoms with Gasteiger partial charge in [-0.15, -0.1) is 0 Å². The third-order valence-corrected chi connectivity index (χ3v) is 2.47. The summed E-state index contributed by atoms with van der Waals surface area (Å²) in [6.45, 7) is 5.32. The van der Waals surface area contributed by atoms with Crippen LogP contribution in [0.15, 0.2) is 46.0 Å². The molecule has 0 fully saturated rings. The Morgan fingerprint density at radius 2 is 2.20 bits per heavy atom. The number of hydrogen-bond acceptors (Lipinski definition) is 2. The van der Waals surface area contributed by atoms with Gasteiger partial charge in [-0.2, -0.15) is 0 Å². The molecule has 0 aliphatic carbocycles. The number of furan rings is 1. The molecule has 78 valence electrons. The molecule has 15 heavy (non-hydrogen) atoms. The van der Waals surface area contributed by atoms with Gasteiger partial charge in [0.1, 0.15) is 5.58 Å². The van der Waals surface area contributed by atoms with Crippen molar-refractivity contribution in [2.75, 3.05) is 6.54 Å². The van der Waals surface area contributed by atoms with Gasteiger partial charge in [0.25, 0.3) is 0 Å². The van der Waals surface area contributed by atoms with Crippen LogP contribution in [0.5, 0.6) is 0 Å². The molecule has 0 atom stereocenters. The average Bonchev–Trinajstić information content (AvgIpc) is 2.62. The van der Waals surface area contributed by atoms with Crippen LogP contribution in [-0.4, -0.2) is 6.54 Å². The van der Waals surface area contributed by atoms with Crippen LogP contribution in [0.4, 0.5) is 0 Å². The second-order valence-electron chi connectivity index (χ2n) is 3.38. The molecule has 2 nitrogen and oxygen atoms in total. The van der Waals surface area contributed by atoms with Gasteiger partial charge in [0.05, 0.1) is 6.26 Å². The van der Waals surface area contributed by atoms with Crippen LogP contribution in [-0.2, 0) is 6.54 Å². The van der Waals surface area contributed by atoms with Gasteiger partial charge < -0.3 is 9.73 Å². The van der Waals surface area contributed by atoms with Gasteiger partial charge in [0.15, 0.2) is 0 Å². The molecule has 0 saturated heterocycles. The number of benzene rings is 1. The lowest BCUT2D eigenvalue weighted by Crippen LogP contribution is -2.13. The monoisotopic (exact) mass is 265 g/mol. The summed E-state index contributed by atoms with van der Waals surface area (Å²) in [5, 5.41) is 4.44. The predicted octanol–water partition coefficient (Wildman–Crippen LogP) is 3.43. The van der Waals surface area contributed by atoms with E-state index in [9.17, 15) is 0 Å². The normalized spacial score (nSPS) is 10.7. The lowest BCUT2D eigenvalue weighted by Gasteiger charge is -2.00. The Hall–Kier alpha value is -1.06. The first kappa shape index (κ1) is 10.5. The Labute approximate surface area is 97.1 Å². The van der Waals surface area contributed by atoms with E-state index in [1.165, 1.54) is 10.9 Å². The first-order valence-electron chi connectivity index (χ1n) is 4.76. The van der Waals surface area contributed by atoms with Crippen molar-refractivity contribution in [3.8, 4) is 0 Å². The zero-order valence-corrected chi connectivity index (χ0v) is 9.88. The summed E-state index contributed by atoms with van der Waals surface area (Å²) in [7, 11) is 0. The maximum Gasteiger partial charge on any atom is 0.134 e. The molecule has 0 amide bonds. The van der Waals surface area contributed by atoms with Gasteiger partial charge in [-0.05, 0) is 6.07 Å². The maximum atomic E-state index is 5.43. The summed E-state index contributed by atoms with van der Waals surface area (Å²) in [6, 6.07) is 8.04. The van der Waals surface area contributed by atoms with Crippen molar-refractivity contribution in [1.82, 2.24) is 5.32 Å². The van der Waals surface area contributed by atoms with Gasteiger partial charge in [-0.3, -0.25) is 0 Å². The molecule has 2 aromatic rings. The summed E-state index contributed by atoms with van der Waals surface area (Å²) in [5.41, 5.74) is 2.12. The highest BCUT2D eigenvalue weighted by Gasteiger charge is 2.03. The largest absolute Gasteiger partial charge is 0.464 e. The summed E-state index contributed by atoms with van der Waals surface area (Å²) in [6.07, 6.45) is 1.80. The van der Waals surface area contributed by atoms with Crippen LogP contribution in [0.25, 0.3) is 11.0 Å². The first-order chi connectivity index (χ1) is 7.27. The van der Waals surface area contributed by atoms with Gasteiger partial charge in [0.2, 0.25) is 0 Å². The van der Waals surface area contributed by atoms with Crippen molar-refractivity contribution in [3.05, 3.63) is 47.2 Å². The Morgan fingerprint density at radius 3 is 3.00 bits per heavy atom. The lowest BCUT2D eigenvalue weighted by molar-refractivity contribution is 0.605. The van der Waals surface area contributed by atoms with E-state index in [1.807, 2.05) is 18.2 Å². The molecule has 1 aromatic heterocycles. The van der Waals surface area contributed by atoms with Crippen LogP contribution in [0.3, 0.4) is 0 Å². The number of nitrogens with one attached hydrogen (secondary N) is 1. The standard InChI is InChI=1S/C12H12BrNO/c1-9(13)6-14-7-10-8-15-12-5-3-2-4-11(10)12/h2-5,8,14H,1,6-7H2. The smallest absolute Gasteiger partial charge is 0.134 e. The number of halogens is 1. The van der Waals surface area contributed by atoms with Crippen LogP contribution in [0.1, 0.15) is 5.56 Å². The van der Waals surface area contributed by atoms with Crippen molar-refractivity contribution in [3.63, 3.8) is 0 Å². The fourth-order valence-corrected chi connectivity index (χ4v) is 1.70. The Balaban J connectivity index is 2.11. The quantitative estimate of drug-likeness (QED) is 0.917. The number of para-hydroxylation sites is 1. The molecule has 0 radical (unpaired) electrons. The minimum absolute atomic E-state index is 0.763. The Bertz CT molecular complexity index is 475. The van der Waals surface area contributed by atoms with Gasteiger partial charge in [0, 0.05) is 28.5 Å². The summed E-state index contributed by atoms with van der Waals surface area (Å²) in [5.74, 6) is 0. The summed E-state index contributed by atoms with van der Waals surface area (Å²) >= 11 is 3.31. The SMILES string of the molecule is C=C(Br)CNCc1coc2ccccc12. The van der Waals surface area contributed by atoms with Crippen molar-refractivity contribution < 1.29 is 4.42 Å². The zero-order chi connectivity index (χ0) is 10.7. The molecule has 0 spiro atoms. The minimum atomic E-state index is 0.763. The molecule has 1 heterocycles. The van der Waals surface area contributed by atoms with Crippen molar-refractivity contribution in [1.29, 1.82) is 0 Å². The van der Waals surface area contributed by atoms with Gasteiger partial charge >= 0.3 is 0 Å². The Kier molecular flexibility index (Phi) is 3.23. The topological polar surface area (TPSA) is 25.2 Å². The van der Waals surface area contributed by atoms with Crippen LogP contribution < -0.4 is 5.32 Å². The van der Waals surface area contributed by atoms with E-state index < -0.39 is 0 Å². The first-order valence-corrected chi connectivity index (χ1v) is 5.56. The molecular weight excluding hydrogens is 254 g/mol. The molecule has 1 aromatic carbocycles. The highest BCUT2D eigenvalue weighted by Crippen LogP contribution is 2.20. The third kappa shape index (κ3) is 2.49. The second-order valence-corrected chi connectivity index (χ2v) is 4.50. The lowest BCUT2D eigenvalue weighted by atomic mass is 10.2. The highest BCUT2D eigenvalue weighted by atomic mass is 79.9. The summed E-state index contributed by atoms with van der Waals surface area (Å²) < 4.78 is 6.39. The molecule has 3 heteroatoms. The van der Waals surface area contributed by atoms with E-state index in [0.29, 0.717) is 0 Å². The highest BCUT2D eigenvalue weighted by molar-refractivity contribution is 9.11. The van der Waals surface area contributed by atoms with Crippen LogP contribution in [0.2, 0.25) is 0 Å². The molecule has 2 rings (SSSR count). The van der Waals surface area contributed by atoms with Gasteiger partial charge in [-0.25, -0.2) is 0 Å². The van der Waals surface area contributed by atoms with Crippen LogP contribution >= 0.6 is 15.9 Å². The molecule has 0 saturated carbocycles. The maximum absolute atomic E-state index is 5.43. The molecule has 0 bridgehead atoms. The second kappa shape index (κ2) is 4.64. The summed E-state index contributed by atoms with van der Waals surface area (Å²) in [4.78, 5) is 0. The van der Waals surface area contributed by atoms with Crippen molar-refractivity contribution in [2.24, 2.45) is 0 Å². The van der Waals surface area contributed by atoms with E-state index in [0.717, 1.165) is 23.2 Å². The number of rotatable bonds is 4. The van der Waals surface area contributed by atoms with E-state index in [-0.39, 0.29) is 0 Å². The van der Waals surface area contributed by atoms with E-state index in [1.54, 1.807) is 6.26 Å². The van der Waals surface area contributed by atoms with Crippen molar-refractivity contribution in [2.45, 2.75) is 6.54 Å². The molecule has 0 unspecified atom stereocenters. The molecule has 0 aliphatic rings. The molecule has 0 aliphatic heterocycles. The number of fused-ring (bicyclic) bond motifs is 1. The number of hydrogen-bond donors (Lipinski definition) is 1.